The van der Waals surface area contributed by atoms with Crippen LogP contribution < -0.4 is 5.73 Å². The van der Waals surface area contributed by atoms with Gasteiger partial charge in [-0.05, 0) is 30.7 Å². The summed E-state index contributed by atoms with van der Waals surface area (Å²) in [6, 6.07) is 10.3. The molecule has 0 bridgehead atoms. The number of carbonyl (C=O) groups is 1. The monoisotopic (exact) mass is 314 g/mol. The number of benzene rings is 1. The molecule has 0 radical (unpaired) electrons. The predicted octanol–water partition coefficient (Wildman–Crippen LogP) is 3.89. The van der Waals surface area contributed by atoms with Gasteiger partial charge in [-0.1, -0.05) is 62.9 Å². The highest BCUT2D eigenvalue weighted by Gasteiger charge is 2.35. The molecule has 3 unspecified atom stereocenters. The van der Waals surface area contributed by atoms with E-state index in [1.165, 1.54) is 38.5 Å². The largest absolute Gasteiger partial charge is 0.339 e. The predicted molar refractivity (Wildman–Crippen MR) is 93.8 cm³/mol. The highest BCUT2D eigenvalue weighted by molar-refractivity contribution is 5.80. The van der Waals surface area contributed by atoms with Crippen LogP contribution >= 0.6 is 0 Å². The van der Waals surface area contributed by atoms with Gasteiger partial charge < -0.3 is 10.6 Å². The minimum Gasteiger partial charge on any atom is -0.339 e. The lowest BCUT2D eigenvalue weighted by Gasteiger charge is -2.31. The van der Waals surface area contributed by atoms with Gasteiger partial charge in [-0.15, -0.1) is 0 Å². The van der Waals surface area contributed by atoms with E-state index in [9.17, 15) is 4.79 Å². The van der Waals surface area contributed by atoms with Gasteiger partial charge in [0.1, 0.15) is 0 Å². The van der Waals surface area contributed by atoms with Crippen molar-refractivity contribution >= 4 is 5.91 Å². The van der Waals surface area contributed by atoms with Crippen LogP contribution in [0, 0.1) is 11.8 Å². The van der Waals surface area contributed by atoms with Crippen LogP contribution in [0.5, 0.6) is 0 Å². The van der Waals surface area contributed by atoms with Crippen molar-refractivity contribution in [3.63, 3.8) is 0 Å². The van der Waals surface area contributed by atoms with E-state index in [1.807, 2.05) is 37.3 Å². The summed E-state index contributed by atoms with van der Waals surface area (Å²) in [5.74, 6) is 0.940. The Morgan fingerprint density at radius 2 is 1.87 bits per heavy atom. The molecule has 3 nitrogen and oxygen atoms in total. The molecule has 1 saturated carbocycles. The van der Waals surface area contributed by atoms with Gasteiger partial charge in [-0.25, -0.2) is 0 Å². The Morgan fingerprint density at radius 3 is 2.57 bits per heavy atom. The Bertz CT molecular complexity index is 510. The number of likely N-dealkylation sites (tertiary alicyclic amines) is 1. The van der Waals surface area contributed by atoms with Gasteiger partial charge in [0.05, 0.1) is 5.92 Å². The van der Waals surface area contributed by atoms with Crippen LogP contribution in [0.25, 0.3) is 0 Å². The molecular weight excluding hydrogens is 284 g/mol. The first-order valence-electron chi connectivity index (χ1n) is 9.28. The van der Waals surface area contributed by atoms with E-state index < -0.39 is 0 Å². The number of hydrogen-bond acceptors (Lipinski definition) is 2. The Hall–Kier alpha value is -1.35. The minimum atomic E-state index is -0.212. The quantitative estimate of drug-likeness (QED) is 0.896. The molecule has 23 heavy (non-hydrogen) atoms. The third kappa shape index (κ3) is 3.77. The average Bonchev–Trinajstić information content (AvgIpc) is 3.26. The van der Waals surface area contributed by atoms with E-state index in [2.05, 4.69) is 4.90 Å². The summed E-state index contributed by atoms with van der Waals surface area (Å²) in [7, 11) is 0. The van der Waals surface area contributed by atoms with Crippen molar-refractivity contribution in [2.45, 2.75) is 64.0 Å². The number of nitrogens with two attached hydrogens (primary N) is 1. The second-order valence-electron chi connectivity index (χ2n) is 7.44. The SMILES string of the molecule is CC(C(=O)N1CCCC1CC1CCCC1)C(N)c1ccccc1. The molecule has 3 rings (SSSR count). The molecule has 1 saturated heterocycles. The van der Waals surface area contributed by atoms with Gasteiger partial charge in [-0.2, -0.15) is 0 Å². The van der Waals surface area contributed by atoms with E-state index in [-0.39, 0.29) is 17.9 Å². The molecule has 2 N–H and O–H groups in total. The van der Waals surface area contributed by atoms with Crippen LogP contribution in [0.4, 0.5) is 0 Å². The van der Waals surface area contributed by atoms with Crippen molar-refractivity contribution < 1.29 is 4.79 Å². The van der Waals surface area contributed by atoms with Gasteiger partial charge in [0, 0.05) is 18.6 Å². The molecule has 0 spiro atoms. The Kier molecular flexibility index (Phi) is 5.37. The van der Waals surface area contributed by atoms with Crippen molar-refractivity contribution in [2.24, 2.45) is 17.6 Å². The molecule has 3 heteroatoms. The minimum absolute atomic E-state index is 0.151. The van der Waals surface area contributed by atoms with Crippen LogP contribution in [0.3, 0.4) is 0 Å². The number of carbonyl (C=O) groups excluding carboxylic acids is 1. The molecule has 2 fully saturated rings. The molecule has 1 heterocycles. The van der Waals surface area contributed by atoms with Crippen LogP contribution in [0.1, 0.15) is 63.5 Å². The lowest BCUT2D eigenvalue weighted by Crippen LogP contribution is -2.42. The maximum atomic E-state index is 13.0. The van der Waals surface area contributed by atoms with E-state index in [1.54, 1.807) is 0 Å². The van der Waals surface area contributed by atoms with Crippen LogP contribution in [-0.4, -0.2) is 23.4 Å². The van der Waals surface area contributed by atoms with Gasteiger partial charge in [0.25, 0.3) is 0 Å². The molecule has 1 aromatic carbocycles. The van der Waals surface area contributed by atoms with E-state index in [0.29, 0.717) is 6.04 Å². The summed E-state index contributed by atoms with van der Waals surface area (Å²) in [5, 5.41) is 0. The third-order valence-corrected chi connectivity index (χ3v) is 5.85. The topological polar surface area (TPSA) is 46.3 Å². The van der Waals surface area contributed by atoms with E-state index >= 15 is 0 Å². The first-order valence-corrected chi connectivity index (χ1v) is 9.28. The molecule has 1 aliphatic carbocycles. The molecule has 2 aliphatic rings. The molecule has 0 aromatic heterocycles. The summed E-state index contributed by atoms with van der Waals surface area (Å²) >= 11 is 0. The number of nitrogens with zero attached hydrogens (tertiary/aromatic N) is 1. The second-order valence-corrected chi connectivity index (χ2v) is 7.44. The van der Waals surface area contributed by atoms with Crippen molar-refractivity contribution in [2.75, 3.05) is 6.54 Å². The van der Waals surface area contributed by atoms with Crippen molar-refractivity contribution in [3.05, 3.63) is 35.9 Å². The highest BCUT2D eigenvalue weighted by Crippen LogP contribution is 2.34. The highest BCUT2D eigenvalue weighted by atomic mass is 16.2. The zero-order valence-corrected chi connectivity index (χ0v) is 14.3. The van der Waals surface area contributed by atoms with E-state index in [0.717, 1.165) is 24.4 Å². The molecule has 126 valence electrons. The lowest BCUT2D eigenvalue weighted by molar-refractivity contribution is -0.136. The van der Waals surface area contributed by atoms with Crippen molar-refractivity contribution in [1.29, 1.82) is 0 Å². The number of amides is 1. The number of hydrogen-bond donors (Lipinski definition) is 1. The third-order valence-electron chi connectivity index (χ3n) is 5.85. The van der Waals surface area contributed by atoms with Crippen molar-refractivity contribution in [3.8, 4) is 0 Å². The van der Waals surface area contributed by atoms with Crippen LogP contribution in [0.2, 0.25) is 0 Å². The standard InChI is InChI=1S/C20H30N2O/c1-15(19(21)17-10-3-2-4-11-17)20(23)22-13-7-12-18(22)14-16-8-5-6-9-16/h2-4,10-11,15-16,18-19H,5-9,12-14,21H2,1H3. The zero-order chi connectivity index (χ0) is 16.2. The molecule has 1 aliphatic heterocycles. The Labute approximate surface area is 140 Å². The van der Waals surface area contributed by atoms with Crippen LogP contribution in [-0.2, 0) is 4.79 Å². The first-order chi connectivity index (χ1) is 11.2. The van der Waals surface area contributed by atoms with Gasteiger partial charge >= 0.3 is 0 Å². The maximum absolute atomic E-state index is 13.0. The fourth-order valence-electron chi connectivity index (χ4n) is 4.38. The fraction of sp³-hybridized carbons (Fsp3) is 0.650. The summed E-state index contributed by atoms with van der Waals surface area (Å²) in [4.78, 5) is 15.1. The summed E-state index contributed by atoms with van der Waals surface area (Å²) in [6.45, 7) is 2.91. The fourth-order valence-corrected chi connectivity index (χ4v) is 4.38. The Morgan fingerprint density at radius 1 is 1.17 bits per heavy atom. The first kappa shape index (κ1) is 16.5. The summed E-state index contributed by atoms with van der Waals surface area (Å²) in [6.07, 6.45) is 9.00. The molecule has 1 aromatic rings. The molecular formula is C20H30N2O. The second kappa shape index (κ2) is 7.48. The lowest BCUT2D eigenvalue weighted by atomic mass is 9.92. The summed E-state index contributed by atoms with van der Waals surface area (Å²) < 4.78 is 0. The van der Waals surface area contributed by atoms with Crippen molar-refractivity contribution in [1.82, 2.24) is 4.90 Å². The molecule has 1 amide bonds. The maximum Gasteiger partial charge on any atom is 0.227 e. The van der Waals surface area contributed by atoms with E-state index in [4.69, 9.17) is 5.73 Å². The zero-order valence-electron chi connectivity index (χ0n) is 14.3. The average molecular weight is 314 g/mol. The number of rotatable bonds is 5. The van der Waals surface area contributed by atoms with Crippen LogP contribution in [0.15, 0.2) is 30.3 Å². The van der Waals surface area contributed by atoms with Gasteiger partial charge in [-0.3, -0.25) is 4.79 Å². The molecule has 3 atom stereocenters. The summed E-state index contributed by atoms with van der Waals surface area (Å²) in [5.41, 5.74) is 7.42. The smallest absolute Gasteiger partial charge is 0.227 e. The van der Waals surface area contributed by atoms with Gasteiger partial charge in [0.2, 0.25) is 5.91 Å². The normalized spacial score (nSPS) is 24.8. The Balaban J connectivity index is 1.63. The van der Waals surface area contributed by atoms with Gasteiger partial charge in [0.15, 0.2) is 0 Å².